The number of carbonyl (C=O) groups is 1. The Morgan fingerprint density at radius 2 is 2.20 bits per heavy atom. The van der Waals surface area contributed by atoms with Crippen LogP contribution < -0.4 is 10.6 Å². The molecule has 1 amide bonds. The molecule has 0 unspecified atom stereocenters. The first-order chi connectivity index (χ1) is 9.67. The number of carbonyl (C=O) groups excluding carboxylic acids is 1. The van der Waals surface area contributed by atoms with E-state index in [1.54, 1.807) is 4.68 Å². The number of ether oxygens (including phenoxy) is 1. The molecule has 0 aliphatic carbocycles. The molecule has 0 aliphatic rings. The zero-order valence-corrected chi connectivity index (χ0v) is 11.6. The van der Waals surface area contributed by atoms with Crippen LogP contribution in [-0.4, -0.2) is 29.4 Å². The monoisotopic (exact) mass is 274 g/mol. The molecule has 6 heteroatoms. The molecule has 0 bridgehead atoms. The second kappa shape index (κ2) is 6.72. The SMILES string of the molecule is COCC(=O)Nc1cccc(NCc2cnn(C)c2)c1. The number of nitrogens with one attached hydrogen (secondary N) is 2. The third-order valence-corrected chi connectivity index (χ3v) is 2.68. The van der Waals surface area contributed by atoms with Gasteiger partial charge in [-0.2, -0.15) is 5.10 Å². The van der Waals surface area contributed by atoms with Gasteiger partial charge in [0, 0.05) is 43.8 Å². The number of rotatable bonds is 6. The van der Waals surface area contributed by atoms with Crippen molar-refractivity contribution in [1.29, 1.82) is 0 Å². The van der Waals surface area contributed by atoms with Crippen LogP contribution in [0, 0.1) is 0 Å². The summed E-state index contributed by atoms with van der Waals surface area (Å²) in [6, 6.07) is 7.54. The lowest BCUT2D eigenvalue weighted by molar-refractivity contribution is -0.119. The number of aromatic nitrogens is 2. The van der Waals surface area contributed by atoms with E-state index in [-0.39, 0.29) is 12.5 Å². The smallest absolute Gasteiger partial charge is 0.250 e. The number of hydrogen-bond donors (Lipinski definition) is 2. The fourth-order valence-corrected chi connectivity index (χ4v) is 1.80. The van der Waals surface area contributed by atoms with Gasteiger partial charge >= 0.3 is 0 Å². The Labute approximate surface area is 117 Å². The van der Waals surface area contributed by atoms with Gasteiger partial charge in [0.25, 0.3) is 0 Å². The van der Waals surface area contributed by atoms with E-state index in [0.717, 1.165) is 16.9 Å². The van der Waals surface area contributed by atoms with Crippen LogP contribution in [-0.2, 0) is 23.1 Å². The van der Waals surface area contributed by atoms with Crippen molar-refractivity contribution in [3.8, 4) is 0 Å². The van der Waals surface area contributed by atoms with Gasteiger partial charge in [-0.25, -0.2) is 0 Å². The van der Waals surface area contributed by atoms with Crippen LogP contribution >= 0.6 is 0 Å². The van der Waals surface area contributed by atoms with E-state index in [4.69, 9.17) is 4.74 Å². The van der Waals surface area contributed by atoms with Crippen LogP contribution in [0.3, 0.4) is 0 Å². The summed E-state index contributed by atoms with van der Waals surface area (Å²) in [6.07, 6.45) is 3.77. The minimum atomic E-state index is -0.170. The molecule has 20 heavy (non-hydrogen) atoms. The van der Waals surface area contributed by atoms with Gasteiger partial charge < -0.3 is 15.4 Å². The Morgan fingerprint density at radius 1 is 1.40 bits per heavy atom. The van der Waals surface area contributed by atoms with E-state index in [9.17, 15) is 4.79 Å². The highest BCUT2D eigenvalue weighted by Crippen LogP contribution is 2.15. The van der Waals surface area contributed by atoms with Crippen molar-refractivity contribution in [3.05, 3.63) is 42.2 Å². The summed E-state index contributed by atoms with van der Waals surface area (Å²) >= 11 is 0. The Bertz CT molecular complexity index is 580. The lowest BCUT2D eigenvalue weighted by atomic mass is 10.2. The summed E-state index contributed by atoms with van der Waals surface area (Å²) in [5, 5.41) is 10.2. The van der Waals surface area contributed by atoms with Crippen LogP contribution in [0.2, 0.25) is 0 Å². The lowest BCUT2D eigenvalue weighted by Gasteiger charge is -2.08. The second-order valence-corrected chi connectivity index (χ2v) is 4.44. The van der Waals surface area contributed by atoms with Gasteiger partial charge in [-0.1, -0.05) is 6.07 Å². The lowest BCUT2D eigenvalue weighted by Crippen LogP contribution is -2.17. The molecule has 6 nitrogen and oxygen atoms in total. The van der Waals surface area contributed by atoms with Crippen LogP contribution in [0.15, 0.2) is 36.7 Å². The van der Waals surface area contributed by atoms with Crippen molar-refractivity contribution in [3.63, 3.8) is 0 Å². The van der Waals surface area contributed by atoms with Crippen LogP contribution in [0.25, 0.3) is 0 Å². The molecule has 0 radical (unpaired) electrons. The van der Waals surface area contributed by atoms with Crippen LogP contribution in [0.1, 0.15) is 5.56 Å². The third kappa shape index (κ3) is 4.10. The van der Waals surface area contributed by atoms with Crippen molar-refractivity contribution in [2.75, 3.05) is 24.4 Å². The van der Waals surface area contributed by atoms with Crippen molar-refractivity contribution >= 4 is 17.3 Å². The maximum Gasteiger partial charge on any atom is 0.250 e. The van der Waals surface area contributed by atoms with Crippen molar-refractivity contribution in [2.45, 2.75) is 6.54 Å². The van der Waals surface area contributed by atoms with E-state index in [2.05, 4.69) is 15.7 Å². The van der Waals surface area contributed by atoms with Crippen LogP contribution in [0.5, 0.6) is 0 Å². The quantitative estimate of drug-likeness (QED) is 0.840. The fraction of sp³-hybridized carbons (Fsp3) is 0.286. The van der Waals surface area contributed by atoms with Crippen LogP contribution in [0.4, 0.5) is 11.4 Å². The molecule has 1 aromatic carbocycles. The Balaban J connectivity index is 1.93. The van der Waals surface area contributed by atoms with E-state index in [1.807, 2.05) is 43.7 Å². The van der Waals surface area contributed by atoms with Crippen molar-refractivity contribution in [1.82, 2.24) is 9.78 Å². The Morgan fingerprint density at radius 3 is 2.90 bits per heavy atom. The Hall–Kier alpha value is -2.34. The van der Waals surface area contributed by atoms with E-state index in [1.165, 1.54) is 7.11 Å². The third-order valence-electron chi connectivity index (χ3n) is 2.68. The van der Waals surface area contributed by atoms with Gasteiger partial charge in [-0.05, 0) is 18.2 Å². The molecule has 0 aliphatic heterocycles. The Kier molecular flexibility index (Phi) is 4.73. The largest absolute Gasteiger partial charge is 0.381 e. The normalized spacial score (nSPS) is 10.3. The summed E-state index contributed by atoms with van der Waals surface area (Å²) in [4.78, 5) is 11.4. The number of amides is 1. The molecule has 1 heterocycles. The number of aryl methyl sites for hydroxylation is 1. The van der Waals surface area contributed by atoms with E-state index >= 15 is 0 Å². The van der Waals surface area contributed by atoms with Gasteiger partial charge in [-0.3, -0.25) is 9.48 Å². The van der Waals surface area contributed by atoms with Gasteiger partial charge in [0.2, 0.25) is 5.91 Å². The first kappa shape index (κ1) is 14.1. The molecular weight excluding hydrogens is 256 g/mol. The molecule has 0 atom stereocenters. The van der Waals surface area contributed by atoms with Gasteiger partial charge in [0.1, 0.15) is 6.61 Å². The second-order valence-electron chi connectivity index (χ2n) is 4.44. The number of benzene rings is 1. The standard InChI is InChI=1S/C14H18N4O2/c1-18-9-11(8-16-18)7-15-12-4-3-5-13(6-12)17-14(19)10-20-2/h3-6,8-9,15H,7,10H2,1-2H3,(H,17,19). The fourth-order valence-electron chi connectivity index (χ4n) is 1.80. The van der Waals surface area contributed by atoms with E-state index < -0.39 is 0 Å². The number of anilines is 2. The highest BCUT2D eigenvalue weighted by Gasteiger charge is 2.02. The molecule has 2 rings (SSSR count). The summed E-state index contributed by atoms with van der Waals surface area (Å²) in [5.74, 6) is -0.170. The molecule has 0 saturated heterocycles. The average Bonchev–Trinajstić information content (AvgIpc) is 2.83. The molecule has 106 valence electrons. The van der Waals surface area contributed by atoms with Crippen molar-refractivity contribution < 1.29 is 9.53 Å². The molecule has 0 fully saturated rings. The minimum Gasteiger partial charge on any atom is -0.381 e. The summed E-state index contributed by atoms with van der Waals surface area (Å²) in [6.45, 7) is 0.733. The number of nitrogens with zero attached hydrogens (tertiary/aromatic N) is 2. The zero-order valence-electron chi connectivity index (χ0n) is 11.6. The summed E-state index contributed by atoms with van der Waals surface area (Å²) in [7, 11) is 3.38. The number of hydrogen-bond acceptors (Lipinski definition) is 4. The van der Waals surface area contributed by atoms with Crippen molar-refractivity contribution in [2.24, 2.45) is 7.05 Å². The molecule has 0 spiro atoms. The maximum absolute atomic E-state index is 11.4. The molecule has 2 aromatic rings. The van der Waals surface area contributed by atoms with Gasteiger partial charge in [-0.15, -0.1) is 0 Å². The van der Waals surface area contributed by atoms with E-state index in [0.29, 0.717) is 6.54 Å². The predicted molar refractivity (Wildman–Crippen MR) is 77.5 cm³/mol. The highest BCUT2D eigenvalue weighted by molar-refractivity contribution is 5.92. The predicted octanol–water partition coefficient (Wildman–Crippen LogP) is 1.62. The first-order valence-electron chi connectivity index (χ1n) is 6.27. The molecule has 1 aromatic heterocycles. The highest BCUT2D eigenvalue weighted by atomic mass is 16.5. The molecular formula is C14H18N4O2. The zero-order chi connectivity index (χ0) is 14.4. The maximum atomic E-state index is 11.4. The average molecular weight is 274 g/mol. The number of methoxy groups -OCH3 is 1. The molecule has 0 saturated carbocycles. The minimum absolute atomic E-state index is 0.0489. The topological polar surface area (TPSA) is 68.2 Å². The summed E-state index contributed by atoms with van der Waals surface area (Å²) in [5.41, 5.74) is 2.77. The first-order valence-corrected chi connectivity index (χ1v) is 6.27. The molecule has 2 N–H and O–H groups in total. The van der Waals surface area contributed by atoms with Gasteiger partial charge in [0.05, 0.1) is 6.20 Å². The van der Waals surface area contributed by atoms with Gasteiger partial charge in [0.15, 0.2) is 0 Å². The summed E-state index contributed by atoms with van der Waals surface area (Å²) < 4.78 is 6.54.